The number of fused-ring (bicyclic) bond motifs is 1. The van der Waals surface area contributed by atoms with E-state index in [2.05, 4.69) is 15.3 Å². The molecule has 1 atom stereocenters. The summed E-state index contributed by atoms with van der Waals surface area (Å²) in [5, 5.41) is 5.03. The fourth-order valence-corrected chi connectivity index (χ4v) is 5.18. The van der Waals surface area contributed by atoms with Crippen molar-refractivity contribution in [1.82, 2.24) is 20.3 Å². The second kappa shape index (κ2) is 9.54. The van der Waals surface area contributed by atoms with Crippen molar-refractivity contribution in [2.75, 3.05) is 24.5 Å². The van der Waals surface area contributed by atoms with Crippen LogP contribution in [0.1, 0.15) is 18.5 Å². The molecule has 1 fully saturated rings. The van der Waals surface area contributed by atoms with Crippen LogP contribution in [0.3, 0.4) is 0 Å². The molecule has 33 heavy (non-hydrogen) atoms. The monoisotopic (exact) mass is 459 g/mol. The Morgan fingerprint density at radius 2 is 2.03 bits per heavy atom. The smallest absolute Gasteiger partial charge is 0.270 e. The first-order valence-corrected chi connectivity index (χ1v) is 12.1. The van der Waals surface area contributed by atoms with Gasteiger partial charge in [-0.2, -0.15) is 0 Å². The van der Waals surface area contributed by atoms with Crippen molar-refractivity contribution in [2.24, 2.45) is 5.92 Å². The number of hydrogen-bond acceptors (Lipinski definition) is 6. The lowest BCUT2D eigenvalue weighted by molar-refractivity contribution is -0.125. The Labute approximate surface area is 195 Å². The van der Waals surface area contributed by atoms with Gasteiger partial charge in [0.25, 0.3) is 5.56 Å². The molecule has 5 rings (SSSR count). The third-order valence-electron chi connectivity index (χ3n) is 6.00. The molecule has 0 radical (unpaired) electrons. The van der Waals surface area contributed by atoms with E-state index in [9.17, 15) is 9.59 Å². The molecule has 4 heterocycles. The van der Waals surface area contributed by atoms with Gasteiger partial charge in [0.1, 0.15) is 4.70 Å². The highest BCUT2D eigenvalue weighted by Gasteiger charge is 2.27. The molecule has 1 amide bonds. The molecule has 3 aromatic heterocycles. The first-order valence-electron chi connectivity index (χ1n) is 11.2. The minimum Gasteiger partial charge on any atom is -0.355 e. The van der Waals surface area contributed by atoms with Gasteiger partial charge in [-0.15, -0.1) is 11.3 Å². The Bertz CT molecular complexity index is 1300. The number of anilines is 1. The zero-order chi connectivity index (χ0) is 22.6. The van der Waals surface area contributed by atoms with Gasteiger partial charge in [-0.3, -0.25) is 19.6 Å². The molecule has 0 saturated carbocycles. The number of amides is 1. The highest BCUT2D eigenvalue weighted by atomic mass is 32.1. The number of nitrogens with one attached hydrogen (secondary N) is 2. The maximum Gasteiger partial charge on any atom is 0.270 e. The molecule has 0 spiro atoms. The summed E-state index contributed by atoms with van der Waals surface area (Å²) < 4.78 is 0.624. The minimum absolute atomic E-state index is 0.0413. The van der Waals surface area contributed by atoms with Crippen molar-refractivity contribution in [3.05, 3.63) is 76.2 Å². The van der Waals surface area contributed by atoms with Crippen molar-refractivity contribution < 1.29 is 4.79 Å². The average Bonchev–Trinajstić information content (AvgIpc) is 3.30. The lowest BCUT2D eigenvalue weighted by Crippen LogP contribution is -2.44. The van der Waals surface area contributed by atoms with Gasteiger partial charge in [-0.05, 0) is 30.5 Å². The number of aromatic amines is 1. The molecule has 2 N–H and O–H groups in total. The summed E-state index contributed by atoms with van der Waals surface area (Å²) >= 11 is 1.41. The van der Waals surface area contributed by atoms with E-state index in [0.717, 1.165) is 36.2 Å². The van der Waals surface area contributed by atoms with Crippen molar-refractivity contribution in [3.8, 4) is 11.1 Å². The molecule has 0 unspecified atom stereocenters. The number of rotatable bonds is 6. The molecular formula is C25H25N5O2S. The summed E-state index contributed by atoms with van der Waals surface area (Å²) in [5.41, 5.74) is 3.54. The van der Waals surface area contributed by atoms with E-state index in [1.54, 1.807) is 6.20 Å². The first-order chi connectivity index (χ1) is 16.2. The third kappa shape index (κ3) is 4.66. The lowest BCUT2D eigenvalue weighted by atomic mass is 9.97. The van der Waals surface area contributed by atoms with E-state index in [4.69, 9.17) is 4.98 Å². The van der Waals surface area contributed by atoms with E-state index in [1.165, 1.54) is 11.3 Å². The summed E-state index contributed by atoms with van der Waals surface area (Å²) in [7, 11) is 0. The van der Waals surface area contributed by atoms with Crippen LogP contribution in [0, 0.1) is 5.92 Å². The van der Waals surface area contributed by atoms with Gasteiger partial charge in [0, 0.05) is 48.9 Å². The third-order valence-corrected chi connectivity index (χ3v) is 6.97. The van der Waals surface area contributed by atoms with Crippen molar-refractivity contribution in [2.45, 2.75) is 19.3 Å². The van der Waals surface area contributed by atoms with E-state index < -0.39 is 0 Å². The molecule has 4 aromatic rings. The van der Waals surface area contributed by atoms with E-state index in [1.807, 2.05) is 58.8 Å². The largest absolute Gasteiger partial charge is 0.355 e. The maximum absolute atomic E-state index is 12.8. The predicted octanol–water partition coefficient (Wildman–Crippen LogP) is 3.62. The molecule has 1 aliphatic heterocycles. The average molecular weight is 460 g/mol. The zero-order valence-electron chi connectivity index (χ0n) is 18.2. The first kappa shape index (κ1) is 21.3. The van der Waals surface area contributed by atoms with E-state index >= 15 is 0 Å². The van der Waals surface area contributed by atoms with Crippen molar-refractivity contribution in [1.29, 1.82) is 0 Å². The summed E-state index contributed by atoms with van der Waals surface area (Å²) in [6, 6.07) is 15.8. The Balaban J connectivity index is 1.31. The van der Waals surface area contributed by atoms with Crippen LogP contribution < -0.4 is 15.8 Å². The van der Waals surface area contributed by atoms with Crippen LogP contribution in [0.15, 0.2) is 64.9 Å². The van der Waals surface area contributed by atoms with Gasteiger partial charge in [-0.1, -0.05) is 36.4 Å². The lowest BCUT2D eigenvalue weighted by Gasteiger charge is -2.32. The van der Waals surface area contributed by atoms with Crippen molar-refractivity contribution >= 4 is 33.4 Å². The Hall–Kier alpha value is -3.52. The van der Waals surface area contributed by atoms with Gasteiger partial charge in [-0.25, -0.2) is 4.98 Å². The number of pyridine rings is 1. The second-order valence-corrected chi connectivity index (χ2v) is 9.11. The van der Waals surface area contributed by atoms with Crippen molar-refractivity contribution in [3.63, 3.8) is 0 Å². The van der Waals surface area contributed by atoms with E-state index in [-0.39, 0.29) is 17.4 Å². The van der Waals surface area contributed by atoms with Crippen LogP contribution in [0.5, 0.6) is 0 Å². The highest BCUT2D eigenvalue weighted by Crippen LogP contribution is 2.32. The maximum atomic E-state index is 12.8. The van der Waals surface area contributed by atoms with Gasteiger partial charge in [0.05, 0.1) is 11.4 Å². The van der Waals surface area contributed by atoms with E-state index in [0.29, 0.717) is 35.7 Å². The fourth-order valence-electron chi connectivity index (χ4n) is 4.28. The number of benzene rings is 1. The van der Waals surface area contributed by atoms with Crippen LogP contribution in [0.2, 0.25) is 0 Å². The number of H-pyrrole nitrogens is 1. The molecule has 1 aliphatic rings. The Morgan fingerprint density at radius 3 is 2.85 bits per heavy atom. The summed E-state index contributed by atoms with van der Waals surface area (Å²) in [5.74, 6) is 0.438. The normalized spacial score (nSPS) is 16.1. The SMILES string of the molecule is O=C(NCCc1ccccn1)[C@H]1CCCN(c2nc3c(-c4ccccc4)csc3c(=O)[nH]2)C1. The number of hydrogen-bond donors (Lipinski definition) is 2. The van der Waals surface area contributed by atoms with Crippen LogP contribution >= 0.6 is 11.3 Å². The number of piperidine rings is 1. The van der Waals surface area contributed by atoms with Gasteiger partial charge >= 0.3 is 0 Å². The number of carbonyl (C=O) groups excluding carboxylic acids is 1. The van der Waals surface area contributed by atoms with Crippen LogP contribution in [-0.2, 0) is 11.2 Å². The molecule has 0 aliphatic carbocycles. The standard InChI is InChI=1S/C25H25N5O2S/c31-23(27-13-11-19-10-4-5-12-26-19)18-9-6-14-30(15-18)25-28-21-20(17-7-2-1-3-8-17)16-33-22(21)24(32)29-25/h1-5,7-8,10,12,16,18H,6,9,11,13-15H2,(H,27,31)(H,28,29,32)/t18-/m0/s1. The molecule has 7 nitrogen and oxygen atoms in total. The molecule has 8 heteroatoms. The van der Waals surface area contributed by atoms with Gasteiger partial charge < -0.3 is 10.2 Å². The van der Waals surface area contributed by atoms with Crippen LogP contribution in [0.4, 0.5) is 5.95 Å². The van der Waals surface area contributed by atoms with Crippen LogP contribution in [0.25, 0.3) is 21.3 Å². The number of aromatic nitrogens is 3. The molecule has 1 saturated heterocycles. The van der Waals surface area contributed by atoms with Gasteiger partial charge in [0.2, 0.25) is 11.9 Å². The molecule has 1 aromatic carbocycles. The predicted molar refractivity (Wildman–Crippen MR) is 132 cm³/mol. The summed E-state index contributed by atoms with van der Waals surface area (Å²) in [6.07, 6.45) is 4.16. The highest BCUT2D eigenvalue weighted by molar-refractivity contribution is 7.17. The molecule has 168 valence electrons. The zero-order valence-corrected chi connectivity index (χ0v) is 19.0. The number of nitrogens with zero attached hydrogens (tertiary/aromatic N) is 3. The number of thiophene rings is 1. The molecular weight excluding hydrogens is 434 g/mol. The summed E-state index contributed by atoms with van der Waals surface area (Å²) in [4.78, 5) is 39.7. The second-order valence-electron chi connectivity index (χ2n) is 8.23. The fraction of sp³-hybridized carbons (Fsp3) is 0.280. The Kier molecular flexibility index (Phi) is 6.17. The minimum atomic E-state index is -0.139. The summed E-state index contributed by atoms with van der Waals surface area (Å²) in [6.45, 7) is 1.86. The quantitative estimate of drug-likeness (QED) is 0.460. The molecule has 0 bridgehead atoms. The van der Waals surface area contributed by atoms with Gasteiger partial charge in [0.15, 0.2) is 0 Å². The Morgan fingerprint density at radius 1 is 1.18 bits per heavy atom. The van der Waals surface area contributed by atoms with Crippen LogP contribution in [-0.4, -0.2) is 40.5 Å². The number of carbonyl (C=O) groups is 1. The topological polar surface area (TPSA) is 91.0 Å².